The summed E-state index contributed by atoms with van der Waals surface area (Å²) in [5.74, 6) is 1.00. The third-order valence-electron chi connectivity index (χ3n) is 4.09. The summed E-state index contributed by atoms with van der Waals surface area (Å²) < 4.78 is 0. The molecule has 0 saturated heterocycles. The molecule has 4 rings (SSSR count). The SMILES string of the molecule is O=c1[nH]c2ccc(Nc3nccc(NC[C@@H](O)c4ccccc4)n3)cc2[nH]1. The van der Waals surface area contributed by atoms with Gasteiger partial charge in [-0.1, -0.05) is 30.3 Å². The van der Waals surface area contributed by atoms with E-state index in [-0.39, 0.29) is 5.69 Å². The molecule has 0 aliphatic rings. The molecular weight excluding hydrogens is 344 g/mol. The third-order valence-corrected chi connectivity index (χ3v) is 4.09. The molecule has 0 radical (unpaired) electrons. The van der Waals surface area contributed by atoms with E-state index in [9.17, 15) is 9.90 Å². The van der Waals surface area contributed by atoms with Gasteiger partial charge in [0.15, 0.2) is 0 Å². The highest BCUT2D eigenvalue weighted by Gasteiger charge is 2.08. The van der Waals surface area contributed by atoms with E-state index in [1.807, 2.05) is 36.4 Å². The number of anilines is 3. The number of hydrogen-bond donors (Lipinski definition) is 5. The van der Waals surface area contributed by atoms with Crippen LogP contribution in [0, 0.1) is 0 Å². The number of aromatic amines is 2. The average Bonchev–Trinajstić information content (AvgIpc) is 3.06. The molecular formula is C19H18N6O2. The van der Waals surface area contributed by atoms with Crippen molar-refractivity contribution in [2.45, 2.75) is 6.10 Å². The highest BCUT2D eigenvalue weighted by atomic mass is 16.3. The lowest BCUT2D eigenvalue weighted by molar-refractivity contribution is 0.191. The molecule has 4 aromatic rings. The molecule has 8 heteroatoms. The van der Waals surface area contributed by atoms with Crippen molar-refractivity contribution in [3.8, 4) is 0 Å². The first kappa shape index (κ1) is 16.8. The Morgan fingerprint density at radius 2 is 1.85 bits per heavy atom. The predicted octanol–water partition coefficient (Wildman–Crippen LogP) is 2.54. The number of aromatic nitrogens is 4. The maximum atomic E-state index is 11.3. The van der Waals surface area contributed by atoms with E-state index in [1.54, 1.807) is 24.4 Å². The summed E-state index contributed by atoms with van der Waals surface area (Å²) in [7, 11) is 0. The fraction of sp³-hybridized carbons (Fsp3) is 0.105. The Labute approximate surface area is 154 Å². The number of nitrogens with zero attached hydrogens (tertiary/aromatic N) is 2. The minimum Gasteiger partial charge on any atom is -0.387 e. The van der Waals surface area contributed by atoms with Gasteiger partial charge < -0.3 is 25.7 Å². The zero-order valence-corrected chi connectivity index (χ0v) is 14.3. The van der Waals surface area contributed by atoms with E-state index in [2.05, 4.69) is 30.6 Å². The van der Waals surface area contributed by atoms with Gasteiger partial charge in [0.05, 0.1) is 17.1 Å². The van der Waals surface area contributed by atoms with Gasteiger partial charge in [-0.05, 0) is 29.8 Å². The van der Waals surface area contributed by atoms with Crippen molar-refractivity contribution in [2.24, 2.45) is 0 Å². The van der Waals surface area contributed by atoms with E-state index in [0.717, 1.165) is 16.8 Å². The zero-order valence-electron chi connectivity index (χ0n) is 14.3. The summed E-state index contributed by atoms with van der Waals surface area (Å²) in [6, 6.07) is 16.6. The minimum atomic E-state index is -0.634. The van der Waals surface area contributed by atoms with Crippen molar-refractivity contribution in [2.75, 3.05) is 17.2 Å². The van der Waals surface area contributed by atoms with Gasteiger partial charge in [-0.2, -0.15) is 4.98 Å². The molecule has 0 fully saturated rings. The molecule has 2 aromatic heterocycles. The fourth-order valence-corrected chi connectivity index (χ4v) is 2.75. The van der Waals surface area contributed by atoms with Crippen molar-refractivity contribution < 1.29 is 5.11 Å². The Morgan fingerprint density at radius 1 is 1.04 bits per heavy atom. The van der Waals surface area contributed by atoms with Gasteiger partial charge in [0.1, 0.15) is 5.82 Å². The molecule has 136 valence electrons. The molecule has 5 N–H and O–H groups in total. The van der Waals surface area contributed by atoms with E-state index >= 15 is 0 Å². The topological polar surface area (TPSA) is 119 Å². The normalized spacial score (nSPS) is 12.0. The Balaban J connectivity index is 1.44. The van der Waals surface area contributed by atoms with Crippen LogP contribution >= 0.6 is 0 Å². The summed E-state index contributed by atoms with van der Waals surface area (Å²) >= 11 is 0. The standard InChI is InChI=1S/C19H18N6O2/c26-16(12-4-2-1-3-5-12)11-21-17-8-9-20-18(25-17)22-13-6-7-14-15(10-13)24-19(27)23-14/h1-10,16,26H,11H2,(H2,23,24,27)(H2,20,21,22,25)/t16-/m1/s1. The molecule has 1 atom stereocenters. The van der Waals surface area contributed by atoms with Crippen LogP contribution in [0.5, 0.6) is 0 Å². The van der Waals surface area contributed by atoms with E-state index in [1.165, 1.54) is 0 Å². The number of aliphatic hydroxyl groups is 1. The summed E-state index contributed by atoms with van der Waals surface area (Å²) in [6.45, 7) is 0.330. The van der Waals surface area contributed by atoms with Crippen molar-refractivity contribution in [3.63, 3.8) is 0 Å². The van der Waals surface area contributed by atoms with E-state index in [4.69, 9.17) is 0 Å². The van der Waals surface area contributed by atoms with Crippen molar-refractivity contribution in [1.29, 1.82) is 0 Å². The summed E-state index contributed by atoms with van der Waals surface area (Å²) in [5.41, 5.74) is 2.77. The first-order chi connectivity index (χ1) is 13.2. The van der Waals surface area contributed by atoms with Crippen LogP contribution in [-0.2, 0) is 0 Å². The number of fused-ring (bicyclic) bond motifs is 1. The number of hydrogen-bond acceptors (Lipinski definition) is 6. The molecule has 0 saturated carbocycles. The number of nitrogens with one attached hydrogen (secondary N) is 4. The van der Waals surface area contributed by atoms with Crippen molar-refractivity contribution in [1.82, 2.24) is 19.9 Å². The molecule has 0 aliphatic heterocycles. The van der Waals surface area contributed by atoms with E-state index in [0.29, 0.717) is 23.8 Å². The maximum absolute atomic E-state index is 11.3. The molecule has 0 aliphatic carbocycles. The molecule has 2 aromatic carbocycles. The van der Waals surface area contributed by atoms with Crippen LogP contribution in [0.25, 0.3) is 11.0 Å². The first-order valence-corrected chi connectivity index (χ1v) is 8.46. The van der Waals surface area contributed by atoms with Gasteiger partial charge >= 0.3 is 5.69 Å². The highest BCUT2D eigenvalue weighted by Crippen LogP contribution is 2.19. The van der Waals surface area contributed by atoms with Crippen LogP contribution < -0.4 is 16.3 Å². The zero-order chi connectivity index (χ0) is 18.6. The van der Waals surface area contributed by atoms with Crippen molar-refractivity contribution >= 4 is 28.5 Å². The second-order valence-electron chi connectivity index (χ2n) is 6.04. The van der Waals surface area contributed by atoms with Gasteiger partial charge in [-0.25, -0.2) is 9.78 Å². The molecule has 0 spiro atoms. The Kier molecular flexibility index (Phi) is 4.54. The number of imidazole rings is 1. The lowest BCUT2D eigenvalue weighted by atomic mass is 10.1. The Morgan fingerprint density at radius 3 is 2.70 bits per heavy atom. The van der Waals surface area contributed by atoms with E-state index < -0.39 is 6.10 Å². The Hall–Kier alpha value is -3.65. The number of benzene rings is 2. The summed E-state index contributed by atoms with van der Waals surface area (Å²) in [6.07, 6.45) is 0.994. The average molecular weight is 362 g/mol. The van der Waals surface area contributed by atoms with Gasteiger partial charge in [0.2, 0.25) is 5.95 Å². The molecule has 8 nitrogen and oxygen atoms in total. The smallest absolute Gasteiger partial charge is 0.323 e. The summed E-state index contributed by atoms with van der Waals surface area (Å²) in [5, 5.41) is 16.4. The fourth-order valence-electron chi connectivity index (χ4n) is 2.75. The van der Waals surface area contributed by atoms with Crippen LogP contribution in [-0.4, -0.2) is 31.6 Å². The predicted molar refractivity (Wildman–Crippen MR) is 104 cm³/mol. The molecule has 27 heavy (non-hydrogen) atoms. The molecule has 0 amide bonds. The monoisotopic (exact) mass is 362 g/mol. The minimum absolute atomic E-state index is 0.249. The second kappa shape index (κ2) is 7.30. The number of H-pyrrole nitrogens is 2. The van der Waals surface area contributed by atoms with Crippen LogP contribution in [0.4, 0.5) is 17.5 Å². The maximum Gasteiger partial charge on any atom is 0.323 e. The van der Waals surface area contributed by atoms with Gasteiger partial charge in [-0.15, -0.1) is 0 Å². The van der Waals surface area contributed by atoms with Gasteiger partial charge in [-0.3, -0.25) is 0 Å². The van der Waals surface area contributed by atoms with Crippen LogP contribution in [0.15, 0.2) is 65.6 Å². The van der Waals surface area contributed by atoms with Crippen LogP contribution in [0.3, 0.4) is 0 Å². The highest BCUT2D eigenvalue weighted by molar-refractivity contribution is 5.79. The van der Waals surface area contributed by atoms with Gasteiger partial charge in [0, 0.05) is 18.4 Å². The lowest BCUT2D eigenvalue weighted by Gasteiger charge is -2.13. The first-order valence-electron chi connectivity index (χ1n) is 8.46. The largest absolute Gasteiger partial charge is 0.387 e. The van der Waals surface area contributed by atoms with Gasteiger partial charge in [0.25, 0.3) is 0 Å². The molecule has 0 unspecified atom stereocenters. The Bertz CT molecular complexity index is 1110. The second-order valence-corrected chi connectivity index (χ2v) is 6.04. The van der Waals surface area contributed by atoms with Crippen LogP contribution in [0.1, 0.15) is 11.7 Å². The quantitative estimate of drug-likeness (QED) is 0.360. The number of aliphatic hydroxyl groups excluding tert-OH is 1. The summed E-state index contributed by atoms with van der Waals surface area (Å²) in [4.78, 5) is 25.4. The molecule has 0 bridgehead atoms. The van der Waals surface area contributed by atoms with Crippen molar-refractivity contribution in [3.05, 3.63) is 76.8 Å². The van der Waals surface area contributed by atoms with Crippen LogP contribution in [0.2, 0.25) is 0 Å². The third kappa shape index (κ3) is 3.96. The molecule has 2 heterocycles. The number of rotatable bonds is 6. The lowest BCUT2D eigenvalue weighted by Crippen LogP contribution is -2.13.